The van der Waals surface area contributed by atoms with E-state index in [4.69, 9.17) is 4.74 Å². The minimum Gasteiger partial charge on any atom is -0.465 e. The molecule has 1 heterocycles. The van der Waals surface area contributed by atoms with E-state index < -0.39 is 0 Å². The van der Waals surface area contributed by atoms with Crippen LogP contribution in [0.1, 0.15) is 26.7 Å². The van der Waals surface area contributed by atoms with Crippen molar-refractivity contribution in [3.8, 4) is 0 Å². The van der Waals surface area contributed by atoms with Gasteiger partial charge in [-0.15, -0.1) is 0 Å². The summed E-state index contributed by atoms with van der Waals surface area (Å²) in [6, 6.07) is 0.411. The first kappa shape index (κ1) is 13.4. The lowest BCUT2D eigenvalue weighted by atomic mass is 10.2. The van der Waals surface area contributed by atoms with Gasteiger partial charge in [0.2, 0.25) is 0 Å². The Bertz CT molecular complexity index is 161. The highest BCUT2D eigenvalue weighted by Gasteiger charge is 2.27. The number of hydrogen-bond acceptors (Lipinski definition) is 4. The fourth-order valence-corrected chi connectivity index (χ4v) is 1.36. The van der Waals surface area contributed by atoms with Crippen LogP contribution in [0.3, 0.4) is 0 Å². The molecule has 0 saturated carbocycles. The average molecular weight is 203 g/mol. The Morgan fingerprint density at radius 3 is 2.36 bits per heavy atom. The van der Waals surface area contributed by atoms with Crippen LogP contribution in [0.2, 0.25) is 0 Å². The summed E-state index contributed by atoms with van der Waals surface area (Å²) < 4.78 is 9.12. The van der Waals surface area contributed by atoms with Gasteiger partial charge in [-0.2, -0.15) is 0 Å². The largest absolute Gasteiger partial charge is 0.465 e. The molecule has 1 N–H and O–H groups in total. The summed E-state index contributed by atoms with van der Waals surface area (Å²) >= 11 is 0. The molecule has 1 rings (SSSR count). The molecule has 1 aliphatic rings. The van der Waals surface area contributed by atoms with Gasteiger partial charge in [0.25, 0.3) is 0 Å². The average Bonchev–Trinajstić information content (AvgIpc) is 2.54. The molecule has 1 aliphatic heterocycles. The lowest BCUT2D eigenvalue weighted by molar-refractivity contribution is -0.145. The highest BCUT2D eigenvalue weighted by molar-refractivity contribution is 5.76. The molecule has 2 unspecified atom stereocenters. The second-order valence-corrected chi connectivity index (χ2v) is 3.36. The molecule has 0 aromatic rings. The van der Waals surface area contributed by atoms with Crippen molar-refractivity contribution in [2.75, 3.05) is 20.8 Å². The summed E-state index contributed by atoms with van der Waals surface area (Å²) in [6.07, 6.45) is 1.99. The topological polar surface area (TPSA) is 47.6 Å². The van der Waals surface area contributed by atoms with Crippen LogP contribution >= 0.6 is 0 Å². The van der Waals surface area contributed by atoms with Crippen molar-refractivity contribution >= 4 is 5.97 Å². The lowest BCUT2D eigenvalue weighted by Crippen LogP contribution is -2.35. The van der Waals surface area contributed by atoms with Crippen LogP contribution in [0.4, 0.5) is 0 Å². The Hall–Kier alpha value is -0.610. The van der Waals surface area contributed by atoms with E-state index in [9.17, 15) is 4.79 Å². The number of esters is 1. The van der Waals surface area contributed by atoms with Crippen molar-refractivity contribution in [1.29, 1.82) is 0 Å². The molecule has 0 amide bonds. The summed E-state index contributed by atoms with van der Waals surface area (Å²) in [4.78, 5) is 11.1. The SMILES string of the molecule is CCOC(=O)C1CCC(C)N1.COC. The zero-order valence-corrected chi connectivity index (χ0v) is 9.50. The molecule has 2 atom stereocenters. The lowest BCUT2D eigenvalue weighted by Gasteiger charge is -2.09. The van der Waals surface area contributed by atoms with Crippen molar-refractivity contribution < 1.29 is 14.3 Å². The van der Waals surface area contributed by atoms with Crippen LogP contribution < -0.4 is 5.32 Å². The molecule has 1 fully saturated rings. The van der Waals surface area contributed by atoms with Crippen LogP contribution in [-0.4, -0.2) is 38.9 Å². The van der Waals surface area contributed by atoms with E-state index in [1.807, 2.05) is 6.92 Å². The van der Waals surface area contributed by atoms with Gasteiger partial charge in [0.1, 0.15) is 6.04 Å². The third kappa shape index (κ3) is 5.19. The number of methoxy groups -OCH3 is 1. The molecule has 84 valence electrons. The second kappa shape index (κ2) is 7.76. The number of carbonyl (C=O) groups excluding carboxylic acids is 1. The molecule has 14 heavy (non-hydrogen) atoms. The van der Waals surface area contributed by atoms with Crippen LogP contribution in [-0.2, 0) is 14.3 Å². The maximum Gasteiger partial charge on any atom is 0.323 e. The van der Waals surface area contributed by atoms with Crippen LogP contribution in [0.15, 0.2) is 0 Å². The van der Waals surface area contributed by atoms with Crippen molar-refractivity contribution in [3.05, 3.63) is 0 Å². The molecular weight excluding hydrogens is 182 g/mol. The monoisotopic (exact) mass is 203 g/mol. The van der Waals surface area contributed by atoms with Crippen LogP contribution in [0.25, 0.3) is 0 Å². The number of rotatable bonds is 2. The second-order valence-electron chi connectivity index (χ2n) is 3.36. The van der Waals surface area contributed by atoms with Gasteiger partial charge in [0.15, 0.2) is 0 Å². The molecule has 0 bridgehead atoms. The predicted octanol–water partition coefficient (Wildman–Crippen LogP) is 0.953. The van der Waals surface area contributed by atoms with Crippen molar-refractivity contribution in [2.24, 2.45) is 0 Å². The standard InChI is InChI=1S/C8H15NO2.C2H6O/c1-3-11-8(10)7-5-4-6(2)9-7;1-3-2/h6-7,9H,3-5H2,1-2H3;1-2H3. The highest BCUT2D eigenvalue weighted by Crippen LogP contribution is 2.12. The summed E-state index contributed by atoms with van der Waals surface area (Å²) in [5.74, 6) is -0.100. The Morgan fingerprint density at radius 1 is 1.43 bits per heavy atom. The summed E-state index contributed by atoms with van der Waals surface area (Å²) in [5.41, 5.74) is 0. The summed E-state index contributed by atoms with van der Waals surface area (Å²) in [7, 11) is 3.25. The van der Waals surface area contributed by atoms with Gasteiger partial charge in [-0.3, -0.25) is 4.79 Å². The van der Waals surface area contributed by atoms with E-state index in [0.29, 0.717) is 12.6 Å². The summed E-state index contributed by atoms with van der Waals surface area (Å²) in [5, 5.41) is 3.16. The quantitative estimate of drug-likeness (QED) is 0.679. The van der Waals surface area contributed by atoms with E-state index in [1.165, 1.54) is 0 Å². The minimum absolute atomic E-state index is 0.0510. The third-order valence-electron chi connectivity index (χ3n) is 1.95. The molecule has 0 spiro atoms. The molecular formula is C10H21NO3. The molecule has 0 aromatic heterocycles. The fraction of sp³-hybridized carbons (Fsp3) is 0.900. The minimum atomic E-state index is -0.100. The van der Waals surface area contributed by atoms with E-state index in [2.05, 4.69) is 17.0 Å². The highest BCUT2D eigenvalue weighted by atomic mass is 16.5. The first-order chi connectivity index (χ1) is 6.65. The van der Waals surface area contributed by atoms with Gasteiger partial charge in [0, 0.05) is 20.3 Å². The van der Waals surface area contributed by atoms with Crippen molar-refractivity contribution in [2.45, 2.75) is 38.8 Å². The number of ether oxygens (including phenoxy) is 2. The van der Waals surface area contributed by atoms with Gasteiger partial charge in [-0.05, 0) is 26.7 Å². The molecule has 0 aromatic carbocycles. The van der Waals surface area contributed by atoms with E-state index in [0.717, 1.165) is 12.8 Å². The van der Waals surface area contributed by atoms with Gasteiger partial charge in [0.05, 0.1) is 6.61 Å². The summed E-state index contributed by atoms with van der Waals surface area (Å²) in [6.45, 7) is 4.39. The van der Waals surface area contributed by atoms with E-state index >= 15 is 0 Å². The smallest absolute Gasteiger partial charge is 0.323 e. The first-order valence-electron chi connectivity index (χ1n) is 4.98. The number of hydrogen-bond donors (Lipinski definition) is 1. The molecule has 4 heteroatoms. The van der Waals surface area contributed by atoms with Gasteiger partial charge in [-0.25, -0.2) is 0 Å². The Balaban J connectivity index is 0.000000500. The first-order valence-corrected chi connectivity index (χ1v) is 4.98. The third-order valence-corrected chi connectivity index (χ3v) is 1.95. The normalized spacial score (nSPS) is 25.1. The van der Waals surface area contributed by atoms with Gasteiger partial charge < -0.3 is 14.8 Å². The van der Waals surface area contributed by atoms with E-state index in [1.54, 1.807) is 14.2 Å². The zero-order chi connectivity index (χ0) is 11.0. The maximum atomic E-state index is 11.1. The van der Waals surface area contributed by atoms with Gasteiger partial charge in [-0.1, -0.05) is 0 Å². The Labute approximate surface area is 86.0 Å². The van der Waals surface area contributed by atoms with Crippen molar-refractivity contribution in [3.63, 3.8) is 0 Å². The van der Waals surface area contributed by atoms with Gasteiger partial charge >= 0.3 is 5.97 Å². The molecule has 0 radical (unpaired) electrons. The number of nitrogens with one attached hydrogen (secondary N) is 1. The maximum absolute atomic E-state index is 11.1. The van der Waals surface area contributed by atoms with E-state index in [-0.39, 0.29) is 12.0 Å². The fourth-order valence-electron chi connectivity index (χ4n) is 1.36. The van der Waals surface area contributed by atoms with Crippen LogP contribution in [0.5, 0.6) is 0 Å². The Morgan fingerprint density at radius 2 is 2.00 bits per heavy atom. The van der Waals surface area contributed by atoms with Crippen molar-refractivity contribution in [1.82, 2.24) is 5.32 Å². The van der Waals surface area contributed by atoms with Crippen LogP contribution in [0, 0.1) is 0 Å². The predicted molar refractivity (Wildman–Crippen MR) is 55.2 cm³/mol. The molecule has 1 saturated heterocycles. The molecule has 0 aliphatic carbocycles. The Kier molecular flexibility index (Phi) is 7.42. The molecule has 4 nitrogen and oxygen atoms in total. The zero-order valence-electron chi connectivity index (χ0n) is 9.50. The number of carbonyl (C=O) groups is 1.